The van der Waals surface area contributed by atoms with Crippen molar-refractivity contribution in [2.45, 2.75) is 19.3 Å². The molecule has 0 aliphatic heterocycles. The fourth-order valence-electron chi connectivity index (χ4n) is 2.88. The van der Waals surface area contributed by atoms with Crippen LogP contribution in [0.5, 0.6) is 11.5 Å². The minimum absolute atomic E-state index is 0.0174. The van der Waals surface area contributed by atoms with Gasteiger partial charge < -0.3 is 19.2 Å². The molecule has 0 saturated heterocycles. The van der Waals surface area contributed by atoms with E-state index in [0.29, 0.717) is 48.4 Å². The van der Waals surface area contributed by atoms with Crippen LogP contribution in [0.2, 0.25) is 0 Å². The van der Waals surface area contributed by atoms with E-state index < -0.39 is 5.76 Å². The summed E-state index contributed by atoms with van der Waals surface area (Å²) in [7, 11) is 3.19. The van der Waals surface area contributed by atoms with Crippen LogP contribution in [-0.4, -0.2) is 31.7 Å². The van der Waals surface area contributed by atoms with E-state index in [-0.39, 0.29) is 5.91 Å². The Bertz CT molecular complexity index is 989. The average Bonchev–Trinajstić information content (AvgIpc) is 3.05. The number of hydrogen-bond donors (Lipinski definition) is 2. The Morgan fingerprint density at radius 3 is 2.56 bits per heavy atom. The summed E-state index contributed by atoms with van der Waals surface area (Å²) in [6.07, 6.45) is 1.67. The summed E-state index contributed by atoms with van der Waals surface area (Å²) in [5, 5.41) is 2.92. The van der Waals surface area contributed by atoms with Crippen LogP contribution in [0.25, 0.3) is 11.1 Å². The minimum atomic E-state index is -0.477. The lowest BCUT2D eigenvalue weighted by Crippen LogP contribution is -2.25. The van der Waals surface area contributed by atoms with Gasteiger partial charge in [-0.15, -0.1) is 0 Å². The predicted molar refractivity (Wildman–Crippen MR) is 101 cm³/mol. The van der Waals surface area contributed by atoms with Gasteiger partial charge in [-0.2, -0.15) is 0 Å². The highest BCUT2D eigenvalue weighted by molar-refractivity contribution is 5.77. The molecule has 142 valence electrons. The molecule has 0 bridgehead atoms. The van der Waals surface area contributed by atoms with Crippen LogP contribution in [0, 0.1) is 0 Å². The zero-order chi connectivity index (χ0) is 19.2. The lowest BCUT2D eigenvalue weighted by Gasteiger charge is -2.10. The summed E-state index contributed by atoms with van der Waals surface area (Å²) < 4.78 is 15.5. The number of hydrogen-bond acceptors (Lipinski definition) is 5. The molecule has 1 aromatic heterocycles. The van der Waals surface area contributed by atoms with Crippen molar-refractivity contribution in [3.05, 3.63) is 58.1 Å². The molecule has 0 spiro atoms. The largest absolute Gasteiger partial charge is 0.493 e. The Hall–Kier alpha value is -3.22. The Morgan fingerprint density at radius 2 is 1.78 bits per heavy atom. The molecule has 1 heterocycles. The maximum Gasteiger partial charge on any atom is 0.417 e. The predicted octanol–water partition coefficient (Wildman–Crippen LogP) is 2.43. The number of benzene rings is 2. The van der Waals surface area contributed by atoms with Crippen LogP contribution in [-0.2, 0) is 17.6 Å². The van der Waals surface area contributed by atoms with Gasteiger partial charge in [-0.3, -0.25) is 9.78 Å². The molecule has 27 heavy (non-hydrogen) atoms. The van der Waals surface area contributed by atoms with Crippen molar-refractivity contribution in [3.63, 3.8) is 0 Å². The number of amides is 1. The molecule has 0 saturated carbocycles. The van der Waals surface area contributed by atoms with Crippen LogP contribution >= 0.6 is 0 Å². The number of aryl methyl sites for hydroxylation is 1. The van der Waals surface area contributed by atoms with Crippen molar-refractivity contribution >= 4 is 17.0 Å². The van der Waals surface area contributed by atoms with E-state index >= 15 is 0 Å². The first-order chi connectivity index (χ1) is 13.1. The molecule has 7 nitrogen and oxygen atoms in total. The number of aromatic amines is 1. The van der Waals surface area contributed by atoms with E-state index in [0.717, 1.165) is 11.1 Å². The van der Waals surface area contributed by atoms with Gasteiger partial charge in [-0.1, -0.05) is 12.1 Å². The number of fused-ring (bicyclic) bond motifs is 1. The van der Waals surface area contributed by atoms with Crippen molar-refractivity contribution in [2.75, 3.05) is 20.8 Å². The van der Waals surface area contributed by atoms with Gasteiger partial charge in [0.15, 0.2) is 17.1 Å². The zero-order valence-electron chi connectivity index (χ0n) is 15.3. The summed E-state index contributed by atoms with van der Waals surface area (Å²) in [6, 6.07) is 11.1. The molecule has 3 aromatic rings. The maximum atomic E-state index is 12.1. The highest BCUT2D eigenvalue weighted by atomic mass is 16.5. The number of aromatic nitrogens is 1. The normalized spacial score (nSPS) is 10.7. The van der Waals surface area contributed by atoms with Crippen molar-refractivity contribution in [2.24, 2.45) is 0 Å². The lowest BCUT2D eigenvalue weighted by atomic mass is 10.1. The minimum Gasteiger partial charge on any atom is -0.493 e. The SMILES string of the molecule is COc1ccc(CCNC(=O)CCc2ccc3oc(=O)[nH]c3c2)cc1OC. The van der Waals surface area contributed by atoms with Crippen LogP contribution in [0.15, 0.2) is 45.6 Å². The van der Waals surface area contributed by atoms with E-state index in [9.17, 15) is 9.59 Å². The Labute approximate surface area is 156 Å². The smallest absolute Gasteiger partial charge is 0.417 e. The molecule has 0 aliphatic carbocycles. The number of oxazole rings is 1. The Kier molecular flexibility index (Phi) is 5.80. The highest BCUT2D eigenvalue weighted by Crippen LogP contribution is 2.27. The topological polar surface area (TPSA) is 93.6 Å². The van der Waals surface area contributed by atoms with Crippen molar-refractivity contribution in [3.8, 4) is 11.5 Å². The number of nitrogens with one attached hydrogen (secondary N) is 2. The molecule has 2 aromatic carbocycles. The van der Waals surface area contributed by atoms with Crippen LogP contribution in [0.3, 0.4) is 0 Å². The first kappa shape index (κ1) is 18.6. The van der Waals surface area contributed by atoms with Gasteiger partial charge in [-0.05, 0) is 48.2 Å². The van der Waals surface area contributed by atoms with Gasteiger partial charge in [0.05, 0.1) is 19.7 Å². The molecule has 1 amide bonds. The number of methoxy groups -OCH3 is 2. The fourth-order valence-corrected chi connectivity index (χ4v) is 2.88. The van der Waals surface area contributed by atoms with Gasteiger partial charge >= 0.3 is 5.76 Å². The van der Waals surface area contributed by atoms with Gasteiger partial charge in [0.2, 0.25) is 5.91 Å². The Morgan fingerprint density at radius 1 is 1.04 bits per heavy atom. The standard InChI is InChI=1S/C20H22N2O5/c1-25-17-7-4-14(12-18(17)26-2)9-10-21-19(23)8-5-13-3-6-16-15(11-13)22-20(24)27-16/h3-4,6-7,11-12H,5,8-10H2,1-2H3,(H,21,23)(H,22,24). The summed E-state index contributed by atoms with van der Waals surface area (Å²) in [6.45, 7) is 0.544. The molecule has 3 rings (SSSR count). The fraction of sp³-hybridized carbons (Fsp3) is 0.300. The number of carbonyl (C=O) groups excluding carboxylic acids is 1. The molecular weight excluding hydrogens is 348 g/mol. The van der Waals surface area contributed by atoms with E-state index in [1.807, 2.05) is 30.3 Å². The van der Waals surface area contributed by atoms with Gasteiger partial charge in [0.1, 0.15) is 0 Å². The second kappa shape index (κ2) is 8.44. The van der Waals surface area contributed by atoms with Crippen LogP contribution < -0.4 is 20.5 Å². The monoisotopic (exact) mass is 370 g/mol. The highest BCUT2D eigenvalue weighted by Gasteiger charge is 2.07. The third-order valence-electron chi connectivity index (χ3n) is 4.31. The second-order valence-electron chi connectivity index (χ2n) is 6.13. The zero-order valence-corrected chi connectivity index (χ0v) is 15.3. The molecule has 0 radical (unpaired) electrons. The molecule has 2 N–H and O–H groups in total. The Balaban J connectivity index is 1.47. The molecular formula is C20H22N2O5. The van der Waals surface area contributed by atoms with Crippen molar-refractivity contribution in [1.82, 2.24) is 10.3 Å². The first-order valence-electron chi connectivity index (χ1n) is 8.68. The van der Waals surface area contributed by atoms with E-state index in [4.69, 9.17) is 13.9 Å². The number of carbonyl (C=O) groups is 1. The third kappa shape index (κ3) is 4.69. The third-order valence-corrected chi connectivity index (χ3v) is 4.31. The maximum absolute atomic E-state index is 12.1. The van der Waals surface area contributed by atoms with Gasteiger partial charge in [-0.25, -0.2) is 4.79 Å². The molecule has 0 atom stereocenters. The quantitative estimate of drug-likeness (QED) is 0.635. The van der Waals surface area contributed by atoms with Crippen LogP contribution in [0.1, 0.15) is 17.5 Å². The average molecular weight is 370 g/mol. The van der Waals surface area contributed by atoms with E-state index in [1.165, 1.54) is 0 Å². The van der Waals surface area contributed by atoms with Gasteiger partial charge in [0.25, 0.3) is 0 Å². The molecule has 7 heteroatoms. The lowest BCUT2D eigenvalue weighted by molar-refractivity contribution is -0.121. The second-order valence-corrected chi connectivity index (χ2v) is 6.13. The molecule has 0 fully saturated rings. The van der Waals surface area contributed by atoms with Gasteiger partial charge in [0, 0.05) is 13.0 Å². The summed E-state index contributed by atoms with van der Waals surface area (Å²) in [4.78, 5) is 25.9. The van der Waals surface area contributed by atoms with E-state index in [1.54, 1.807) is 20.3 Å². The summed E-state index contributed by atoms with van der Waals surface area (Å²) >= 11 is 0. The number of H-pyrrole nitrogens is 1. The number of ether oxygens (including phenoxy) is 2. The number of rotatable bonds is 8. The molecule has 0 aliphatic rings. The molecule has 0 unspecified atom stereocenters. The summed E-state index contributed by atoms with van der Waals surface area (Å²) in [5.74, 6) is 0.863. The van der Waals surface area contributed by atoms with Crippen LogP contribution in [0.4, 0.5) is 0 Å². The van der Waals surface area contributed by atoms with Crippen molar-refractivity contribution < 1.29 is 18.7 Å². The van der Waals surface area contributed by atoms with Crippen molar-refractivity contribution in [1.29, 1.82) is 0 Å². The van der Waals surface area contributed by atoms with E-state index in [2.05, 4.69) is 10.3 Å². The summed E-state index contributed by atoms with van der Waals surface area (Å²) in [5.41, 5.74) is 3.19. The first-order valence-corrected chi connectivity index (χ1v) is 8.68.